The molecule has 0 aliphatic carbocycles. The molecule has 128 heavy (non-hydrogen) atoms. The zero-order chi connectivity index (χ0) is 91.2. The van der Waals surface area contributed by atoms with Gasteiger partial charge in [0.05, 0.1) is 49.1 Å². The molecule has 41 heteroatoms. The maximum atomic E-state index is 12.6. The molecule has 0 amide bonds. The fraction of sp³-hybridized carbons (Fsp3) is 0.264. The number of nitro benzene ring substituents is 1. The predicted octanol–water partition coefficient (Wildman–Crippen LogP) is 9.40. The molecule has 660 valence electrons. The number of rotatable bonds is 23. The minimum atomic E-state index is -4.79. The molecule has 0 atom stereocenters. The number of aromatic amines is 4. The number of nitrogens with one attached hydrogen (secondary N) is 8. The zero-order valence-corrected chi connectivity index (χ0v) is 69.8. The first-order valence-corrected chi connectivity index (χ1v) is 39.9. The van der Waals surface area contributed by atoms with Crippen LogP contribution in [0, 0.1) is 65.5 Å². The highest BCUT2D eigenvalue weighted by molar-refractivity contribution is 5.84. The van der Waals surface area contributed by atoms with Crippen LogP contribution >= 0.6 is 0 Å². The van der Waals surface area contributed by atoms with Crippen LogP contribution in [0.15, 0.2) is 178 Å². The van der Waals surface area contributed by atoms with Crippen molar-refractivity contribution in [2.45, 2.75) is 120 Å². The standard InChI is InChI=1S/2C22H20F3N5O3.C22H21N5O4.C21H20N6O4/c1-12-8-16-17(9-13(12)2)30(19-18(27-16)20(31)29-21(32)28-19)7-6-26-11-14-4-3-5-15(10-14)33-22(23,24)25;1-12-9-15-16(10-13(12)2)30(19-18(27-15)20(31)29-21(32)28-19)8-7-26-11-14-5-3-4-6-17(14)33-22(23,24)25;1-12-7-15-16(8-13(12)2)27(20-19(24-15)21(28)26-22(29)25-20)6-5-23-10-14-3-4-17-18(9-14)31-11-30-17;1-12-8-16-17(9-13(12)2)26(19-18(23-16)20(28)25-21(29)24-19)7-6-22-11-14-4-3-5-15(10-14)27(30)31/h3-5,8-10,26H,6-7,11H2,1-2H3,(H,29,31,32);3-6,9-10,26H,7-8,11H2,1-2H3,(H,29,31,32);3-4,7-9,23H,5-6,10-11H2,1-2H3,(H,26,28,29);3-5,8-10,22H,6-7,11H2,1-2H3,(H,25,28,29). The van der Waals surface area contributed by atoms with Gasteiger partial charge in [-0.2, -0.15) is 19.9 Å². The highest BCUT2D eigenvalue weighted by atomic mass is 19.4. The van der Waals surface area contributed by atoms with Crippen LogP contribution in [0.1, 0.15) is 66.8 Å². The molecule has 8 aromatic rings. The van der Waals surface area contributed by atoms with E-state index in [1.807, 2.05) is 127 Å². The van der Waals surface area contributed by atoms with Crippen LogP contribution in [-0.4, -0.2) is 129 Å². The van der Waals surface area contributed by atoms with Gasteiger partial charge in [0, 0.05) is 96.2 Å². The summed E-state index contributed by atoms with van der Waals surface area (Å²) in [6, 6.07) is 39.2. The first-order chi connectivity index (χ1) is 61.0. The van der Waals surface area contributed by atoms with E-state index in [1.54, 1.807) is 38.0 Å². The number of para-hydroxylation sites is 1. The average Bonchev–Trinajstić information content (AvgIpc) is 0.867. The van der Waals surface area contributed by atoms with Crippen molar-refractivity contribution in [1.29, 1.82) is 0 Å². The van der Waals surface area contributed by atoms with E-state index in [0.29, 0.717) is 103 Å². The Labute approximate surface area is 718 Å². The van der Waals surface area contributed by atoms with Gasteiger partial charge in [-0.05, 0) is 195 Å². The van der Waals surface area contributed by atoms with Gasteiger partial charge < -0.3 is 58.5 Å². The van der Waals surface area contributed by atoms with E-state index < -0.39 is 62.6 Å². The number of H-pyrrole nitrogens is 4. The molecule has 0 radical (unpaired) electrons. The summed E-state index contributed by atoms with van der Waals surface area (Å²) in [7, 11) is 0. The van der Waals surface area contributed by atoms with Gasteiger partial charge in [-0.3, -0.25) is 49.2 Å². The molecule has 0 spiro atoms. The van der Waals surface area contributed by atoms with Crippen LogP contribution in [0.5, 0.6) is 23.0 Å². The highest BCUT2D eigenvalue weighted by Gasteiger charge is 2.33. The number of alkyl halides is 6. The molecule has 9 heterocycles. The highest BCUT2D eigenvalue weighted by Crippen LogP contribution is 2.34. The molecule has 9 aliphatic heterocycles. The van der Waals surface area contributed by atoms with E-state index in [-0.39, 0.29) is 89.7 Å². The van der Waals surface area contributed by atoms with Crippen molar-refractivity contribution in [3.8, 4) is 69.1 Å². The summed E-state index contributed by atoms with van der Waals surface area (Å²) in [6.45, 7) is 20.8. The van der Waals surface area contributed by atoms with Gasteiger partial charge >= 0.3 is 35.5 Å². The van der Waals surface area contributed by atoms with Crippen molar-refractivity contribution < 1.29 is 50.2 Å². The molecule has 0 fully saturated rings. The van der Waals surface area contributed by atoms with Crippen molar-refractivity contribution in [1.82, 2.24) is 99.3 Å². The fourth-order valence-corrected chi connectivity index (χ4v) is 14.3. The van der Waals surface area contributed by atoms with Crippen LogP contribution in [0.3, 0.4) is 0 Å². The van der Waals surface area contributed by atoms with Crippen LogP contribution in [0.25, 0.3) is 90.2 Å². The first-order valence-electron chi connectivity index (χ1n) is 39.9. The largest absolute Gasteiger partial charge is 0.573 e. The number of halogens is 6. The van der Waals surface area contributed by atoms with Crippen molar-refractivity contribution >= 4 is 49.8 Å². The zero-order valence-electron chi connectivity index (χ0n) is 69.8. The minimum absolute atomic E-state index is 0.0364. The van der Waals surface area contributed by atoms with E-state index >= 15 is 0 Å². The maximum absolute atomic E-state index is 12.6. The van der Waals surface area contributed by atoms with Crippen molar-refractivity contribution in [2.24, 2.45) is 0 Å². The second-order valence-corrected chi connectivity index (χ2v) is 30.1. The molecular weight excluding hydrogens is 1680 g/mol. The Hall–Kier alpha value is -15.1. The lowest BCUT2D eigenvalue weighted by molar-refractivity contribution is -0.384. The maximum Gasteiger partial charge on any atom is 0.573 e. The normalized spacial score (nSPS) is 12.0. The molecule has 35 nitrogen and oxygen atoms in total. The number of nitro groups is 1. The third-order valence-electron chi connectivity index (χ3n) is 21.1. The quantitative estimate of drug-likeness (QED) is 0.00971. The number of ether oxygens (including phenoxy) is 4. The van der Waals surface area contributed by atoms with Gasteiger partial charge in [-0.25, -0.2) is 39.1 Å². The van der Waals surface area contributed by atoms with E-state index in [2.05, 4.69) is 90.5 Å². The number of hydrogen-bond donors (Lipinski definition) is 8. The predicted molar refractivity (Wildman–Crippen MR) is 461 cm³/mol. The van der Waals surface area contributed by atoms with Crippen molar-refractivity contribution in [2.75, 3.05) is 33.0 Å². The summed E-state index contributed by atoms with van der Waals surface area (Å²) in [6.07, 6.45) is -9.54. The molecule has 0 bridgehead atoms. The van der Waals surface area contributed by atoms with Gasteiger partial charge in [0.25, 0.3) is 27.9 Å². The number of nitrogens with zero attached hydrogens (tertiary/aromatic N) is 13. The Morgan fingerprint density at radius 2 is 0.719 bits per heavy atom. The Morgan fingerprint density at radius 3 is 1.09 bits per heavy atom. The third-order valence-corrected chi connectivity index (χ3v) is 21.1. The van der Waals surface area contributed by atoms with E-state index in [4.69, 9.17) is 9.47 Å². The van der Waals surface area contributed by atoms with Gasteiger partial charge in [0.15, 0.2) is 57.6 Å². The van der Waals surface area contributed by atoms with Gasteiger partial charge in [0.2, 0.25) is 6.79 Å². The topological polar surface area (TPSA) is 451 Å². The van der Waals surface area contributed by atoms with Crippen LogP contribution in [0.2, 0.25) is 0 Å². The lowest BCUT2D eigenvalue weighted by Gasteiger charge is -2.18. The SMILES string of the molecule is Cc1cc2nc3c(=O)[nH]c(=O)nc-3n(CCNCc3ccc4c(c3)OCO4)c2cc1C.Cc1cc2nc3c(=O)[nH]c(=O)nc-3n(CCNCc3cccc(OC(F)(F)F)c3)c2cc1C.Cc1cc2nc3c(=O)[nH]c(=O)nc-3n(CCNCc3cccc([N+](=O)[O-])c3)c2cc1C.Cc1cc2nc3c(=O)[nH]c(=O)nc-3n(CCNCc3ccccc3OC(F)(F)F)c2cc1C. The van der Waals surface area contributed by atoms with E-state index in [1.165, 1.54) is 48.5 Å². The number of benzene rings is 8. The van der Waals surface area contributed by atoms with Gasteiger partial charge in [-0.1, -0.05) is 48.5 Å². The van der Waals surface area contributed by atoms with Crippen LogP contribution < -0.4 is 85.2 Å². The van der Waals surface area contributed by atoms with Crippen LogP contribution in [-0.2, 0) is 52.4 Å². The van der Waals surface area contributed by atoms with Crippen molar-refractivity contribution in [3.05, 3.63) is 300 Å². The number of aryl methyl sites for hydroxylation is 8. The Balaban J connectivity index is 0.000000138. The average molecular weight is 1760 g/mol. The van der Waals surface area contributed by atoms with Gasteiger partial charge in [0.1, 0.15) is 11.5 Å². The molecular formula is C87H81F6N21O14. The Kier molecular flexibility index (Phi) is 26.3. The summed E-state index contributed by atoms with van der Waals surface area (Å²) in [5.74, 6) is 1.75. The molecule has 0 unspecified atom stereocenters. The summed E-state index contributed by atoms with van der Waals surface area (Å²) < 4.78 is 101. The Morgan fingerprint density at radius 1 is 0.383 bits per heavy atom. The molecule has 0 saturated carbocycles. The van der Waals surface area contributed by atoms with E-state index in [9.17, 15) is 74.8 Å². The number of non-ortho nitro benzene ring substituents is 1. The van der Waals surface area contributed by atoms with Gasteiger partial charge in [-0.15, -0.1) is 26.3 Å². The lowest BCUT2D eigenvalue weighted by atomic mass is 10.1. The molecule has 0 saturated heterocycles. The molecule has 9 aliphatic rings. The second-order valence-electron chi connectivity index (χ2n) is 30.1. The monoisotopic (exact) mass is 1760 g/mol. The Bertz CT molecular complexity index is 7330. The number of hydrogen-bond acceptors (Lipinski definition) is 26. The molecule has 8 aromatic carbocycles. The number of aromatic nitrogens is 16. The summed E-state index contributed by atoms with van der Waals surface area (Å²) in [4.78, 5) is 149. The van der Waals surface area contributed by atoms with Crippen LogP contribution in [0.4, 0.5) is 32.0 Å². The lowest BCUT2D eigenvalue weighted by Crippen LogP contribution is -2.30. The molecule has 17 rings (SSSR count). The molecule has 8 N–H and O–H groups in total. The molecule has 0 aromatic heterocycles. The minimum Gasteiger partial charge on any atom is -0.454 e. The first kappa shape index (κ1) is 89.2. The summed E-state index contributed by atoms with van der Waals surface area (Å²) in [5, 5.41) is 23.8. The summed E-state index contributed by atoms with van der Waals surface area (Å²) >= 11 is 0. The second kappa shape index (κ2) is 37.8. The smallest absolute Gasteiger partial charge is 0.454 e. The third kappa shape index (κ3) is 20.9. The number of fused-ring (bicyclic) bond motifs is 9. The van der Waals surface area contributed by atoms with Crippen molar-refractivity contribution in [3.63, 3.8) is 0 Å². The summed E-state index contributed by atoms with van der Waals surface area (Å²) in [5.41, 5.74) is 11.7. The fourth-order valence-electron chi connectivity index (χ4n) is 14.3. The van der Waals surface area contributed by atoms with E-state index in [0.717, 1.165) is 78.2 Å².